The Hall–Kier alpha value is 1.36. The van der Waals surface area contributed by atoms with Crippen LogP contribution < -0.4 is 0 Å². The zero-order valence-corrected chi connectivity index (χ0v) is 10.1. The number of halogens is 1. The van der Waals surface area contributed by atoms with Gasteiger partial charge in [-0.2, -0.15) is 4.08 Å². The minimum absolute atomic E-state index is 0.717. The highest BCUT2D eigenvalue weighted by atomic mass is 79.9. The third kappa shape index (κ3) is 2.66. The minimum Gasteiger partial charge on any atom is -0.317 e. The van der Waals surface area contributed by atoms with Crippen molar-refractivity contribution in [3.05, 3.63) is 0 Å². The van der Waals surface area contributed by atoms with Crippen molar-refractivity contribution in [2.45, 2.75) is 6.42 Å². The van der Waals surface area contributed by atoms with E-state index in [4.69, 9.17) is 20.9 Å². The molecule has 1 rings (SSSR count). The summed E-state index contributed by atoms with van der Waals surface area (Å²) in [5.41, 5.74) is 0. The summed E-state index contributed by atoms with van der Waals surface area (Å²) in [4.78, 5) is 0. The van der Waals surface area contributed by atoms with Crippen LogP contribution in [0.4, 0.5) is 0 Å². The van der Waals surface area contributed by atoms with Crippen molar-refractivity contribution in [2.24, 2.45) is 0 Å². The Balaban J connectivity index is 2.56. The first-order chi connectivity index (χ1) is 5.19. The van der Waals surface area contributed by atoms with Gasteiger partial charge in [0.1, 0.15) is 0 Å². The molecule has 1 heterocycles. The van der Waals surface area contributed by atoms with E-state index in [1.165, 1.54) is 10.4 Å². The van der Waals surface area contributed by atoms with Crippen LogP contribution in [-0.4, -0.2) is 24.3 Å². The van der Waals surface area contributed by atoms with Crippen LogP contribution in [0.5, 0.6) is 0 Å². The summed E-state index contributed by atoms with van der Waals surface area (Å²) in [5, 5.41) is 0. The van der Waals surface area contributed by atoms with Crippen LogP contribution in [0.25, 0.3) is 0 Å². The van der Waals surface area contributed by atoms with Crippen molar-refractivity contribution in [1.29, 1.82) is 0 Å². The van der Waals surface area contributed by atoms with Crippen LogP contribution in [0.2, 0.25) is 0 Å². The van der Waals surface area contributed by atoms with Crippen LogP contribution in [0.15, 0.2) is 0 Å². The van der Waals surface area contributed by atoms with E-state index in [0.29, 0.717) is 0 Å². The zero-order valence-electron chi connectivity index (χ0n) is 6.03. The fourth-order valence-electron chi connectivity index (χ4n) is 0.656. The summed E-state index contributed by atoms with van der Waals surface area (Å²) >= 11 is 8.45. The van der Waals surface area contributed by atoms with Crippen molar-refractivity contribution in [3.8, 4) is 0 Å². The first-order valence-corrected chi connectivity index (χ1v) is 8.32. The average molecular weight is 278 g/mol. The van der Waals surface area contributed by atoms with Crippen LogP contribution >= 0.6 is 31.8 Å². The van der Waals surface area contributed by atoms with Gasteiger partial charge < -0.3 is 9.05 Å². The van der Waals surface area contributed by atoms with Crippen molar-refractivity contribution in [2.75, 3.05) is 20.3 Å². The summed E-state index contributed by atoms with van der Waals surface area (Å²) in [6, 6.07) is 0. The highest BCUT2D eigenvalue weighted by Crippen LogP contribution is 2.57. The van der Waals surface area contributed by atoms with E-state index < -0.39 is 6.64 Å². The lowest BCUT2D eigenvalue weighted by Gasteiger charge is -2.31. The van der Waals surface area contributed by atoms with E-state index in [0.717, 1.165) is 19.6 Å². The van der Waals surface area contributed by atoms with Gasteiger partial charge in [0.05, 0.1) is 13.2 Å². The number of hydrogen-bond acceptors (Lipinski definition) is 4. The van der Waals surface area contributed by atoms with E-state index in [2.05, 4.69) is 14.8 Å². The molecule has 0 aromatic rings. The van der Waals surface area contributed by atoms with Crippen LogP contribution in [0.3, 0.4) is 0 Å². The highest BCUT2D eigenvalue weighted by Gasteiger charge is 2.28. The Labute approximate surface area is 83.4 Å². The molecule has 0 saturated carbocycles. The molecule has 1 aliphatic heterocycles. The van der Waals surface area contributed by atoms with Gasteiger partial charge in [-0.3, -0.25) is 0 Å². The average Bonchev–Trinajstić information content (AvgIpc) is 2.04. The first-order valence-electron chi connectivity index (χ1n) is 3.11. The molecule has 66 valence electrons. The van der Waals surface area contributed by atoms with Gasteiger partial charge in [-0.15, -0.1) is 0 Å². The molecule has 0 unspecified atom stereocenters. The van der Waals surface area contributed by atoms with Crippen molar-refractivity contribution in [3.63, 3.8) is 0 Å². The van der Waals surface area contributed by atoms with Gasteiger partial charge in [-0.05, 0) is 18.2 Å². The monoisotopic (exact) mass is 277 g/mol. The zero-order chi connectivity index (χ0) is 8.32. The summed E-state index contributed by atoms with van der Waals surface area (Å²) < 4.78 is 12.6. The van der Waals surface area contributed by atoms with Crippen molar-refractivity contribution in [1.82, 2.24) is 4.08 Å². The van der Waals surface area contributed by atoms with Crippen molar-refractivity contribution < 1.29 is 9.05 Å². The Kier molecular flexibility index (Phi) is 4.32. The van der Waals surface area contributed by atoms with E-state index in [1.54, 1.807) is 0 Å². The van der Waals surface area contributed by atoms with E-state index in [9.17, 15) is 0 Å². The SMILES string of the molecule is CN(SBr)P1(=S)OCCCO1. The van der Waals surface area contributed by atoms with Gasteiger partial charge in [0, 0.05) is 32.2 Å². The molecule has 0 atom stereocenters. The molecular weight excluding hydrogens is 269 g/mol. The quantitative estimate of drug-likeness (QED) is 0.570. The first kappa shape index (κ1) is 10.4. The smallest absolute Gasteiger partial charge is 0.274 e. The third-order valence-corrected chi connectivity index (χ3v) is 7.69. The Morgan fingerprint density at radius 1 is 1.55 bits per heavy atom. The Morgan fingerprint density at radius 3 is 2.55 bits per heavy atom. The topological polar surface area (TPSA) is 21.7 Å². The van der Waals surface area contributed by atoms with Gasteiger partial charge in [-0.25, -0.2) is 0 Å². The largest absolute Gasteiger partial charge is 0.317 e. The van der Waals surface area contributed by atoms with E-state index in [1.807, 2.05) is 11.1 Å². The second kappa shape index (κ2) is 4.56. The van der Waals surface area contributed by atoms with E-state index >= 15 is 0 Å². The molecule has 7 heteroatoms. The maximum atomic E-state index is 5.40. The number of nitrogens with zero attached hydrogens (tertiary/aromatic N) is 1. The van der Waals surface area contributed by atoms with Crippen molar-refractivity contribution >= 4 is 43.6 Å². The predicted octanol–water partition coefficient (Wildman–Crippen LogP) is 2.54. The second-order valence-electron chi connectivity index (χ2n) is 2.02. The molecule has 0 aliphatic carbocycles. The van der Waals surface area contributed by atoms with Gasteiger partial charge >= 0.3 is 0 Å². The lowest BCUT2D eigenvalue weighted by Crippen LogP contribution is -2.16. The molecule has 0 bridgehead atoms. The molecule has 0 aromatic carbocycles. The van der Waals surface area contributed by atoms with Crippen LogP contribution in [-0.2, 0) is 20.9 Å². The summed E-state index contributed by atoms with van der Waals surface area (Å²) in [6.45, 7) is -0.687. The fraction of sp³-hybridized carbons (Fsp3) is 1.00. The third-order valence-electron chi connectivity index (χ3n) is 1.24. The van der Waals surface area contributed by atoms with E-state index in [-0.39, 0.29) is 0 Å². The summed E-state index contributed by atoms with van der Waals surface area (Å²) in [6.07, 6.45) is 0.944. The lowest BCUT2D eigenvalue weighted by atomic mass is 10.5. The maximum Gasteiger partial charge on any atom is 0.274 e. The van der Waals surface area contributed by atoms with Crippen LogP contribution in [0, 0.1) is 0 Å². The molecule has 0 N–H and O–H groups in total. The van der Waals surface area contributed by atoms with Crippen LogP contribution in [0.1, 0.15) is 6.42 Å². The normalized spacial score (nSPS) is 23.9. The second-order valence-corrected chi connectivity index (χ2v) is 7.28. The van der Waals surface area contributed by atoms with Gasteiger partial charge in [0.2, 0.25) is 0 Å². The Morgan fingerprint density at radius 2 is 2.09 bits per heavy atom. The maximum absolute atomic E-state index is 5.40. The fourth-order valence-corrected chi connectivity index (χ4v) is 5.41. The molecule has 1 fully saturated rings. The lowest BCUT2D eigenvalue weighted by molar-refractivity contribution is 0.165. The van der Waals surface area contributed by atoms with Gasteiger partial charge in [-0.1, -0.05) is 0 Å². The molecular formula is C4H9BrNO2PS2. The standard InChI is InChI=1S/C4H9BrNO2PS2/c1-6(11-5)9(10)7-3-2-4-8-9/h2-4H2,1H3. The number of rotatable bonds is 2. The molecule has 11 heavy (non-hydrogen) atoms. The molecule has 3 nitrogen and oxygen atoms in total. The molecule has 1 saturated heterocycles. The minimum atomic E-state index is -2.12. The summed E-state index contributed by atoms with van der Waals surface area (Å²) in [5.74, 6) is 0. The predicted molar refractivity (Wildman–Crippen MR) is 55.1 cm³/mol. The molecule has 0 spiro atoms. The highest BCUT2D eigenvalue weighted by molar-refractivity contribution is 9.50. The van der Waals surface area contributed by atoms with Gasteiger partial charge in [0.25, 0.3) is 6.64 Å². The summed E-state index contributed by atoms with van der Waals surface area (Å²) in [7, 11) is 3.24. The molecule has 0 aromatic heterocycles. The molecule has 0 radical (unpaired) electrons. The molecule has 1 aliphatic rings. The Bertz CT molecular complexity index is 171. The number of hydrogen-bond donors (Lipinski definition) is 0. The van der Waals surface area contributed by atoms with Gasteiger partial charge in [0.15, 0.2) is 0 Å². The molecule has 0 amide bonds.